The minimum absolute atomic E-state index is 0.0336. The third-order valence-electron chi connectivity index (χ3n) is 4.84. The fourth-order valence-electron chi connectivity index (χ4n) is 2.76. The highest BCUT2D eigenvalue weighted by Crippen LogP contribution is 2.29. The van der Waals surface area contributed by atoms with E-state index in [1.54, 1.807) is 0 Å². The summed E-state index contributed by atoms with van der Waals surface area (Å²) in [6.45, 7) is 25.0. The van der Waals surface area contributed by atoms with Crippen LogP contribution in [0.25, 0.3) is 0 Å². The minimum atomic E-state index is -0.110. The summed E-state index contributed by atoms with van der Waals surface area (Å²) in [6.07, 6.45) is 3.52. The van der Waals surface area contributed by atoms with Gasteiger partial charge in [-0.15, -0.1) is 0 Å². The fraction of sp³-hybridized carbons (Fsp3) is 0.957. The molecule has 0 fully saturated rings. The van der Waals surface area contributed by atoms with Gasteiger partial charge >= 0.3 is 5.97 Å². The molecule has 3 N–H and O–H groups in total. The zero-order valence-corrected chi connectivity index (χ0v) is 20.5. The van der Waals surface area contributed by atoms with E-state index in [9.17, 15) is 4.79 Å². The van der Waals surface area contributed by atoms with Crippen molar-refractivity contribution in [2.45, 2.75) is 112 Å². The maximum Gasteiger partial charge on any atom is 0.307 e. The lowest BCUT2D eigenvalue weighted by Crippen LogP contribution is -2.46. The molecule has 5 nitrogen and oxygen atoms in total. The third-order valence-corrected chi connectivity index (χ3v) is 4.84. The van der Waals surface area contributed by atoms with Crippen LogP contribution < -0.4 is 16.0 Å². The fourth-order valence-corrected chi connectivity index (χ4v) is 2.76. The van der Waals surface area contributed by atoms with Gasteiger partial charge in [-0.25, -0.2) is 0 Å². The van der Waals surface area contributed by atoms with Gasteiger partial charge in [-0.2, -0.15) is 0 Å². The molecule has 0 rings (SSSR count). The van der Waals surface area contributed by atoms with E-state index in [1.165, 1.54) is 0 Å². The van der Waals surface area contributed by atoms with Gasteiger partial charge in [0, 0.05) is 36.3 Å². The first kappa shape index (κ1) is 27.4. The molecule has 0 aromatic rings. The van der Waals surface area contributed by atoms with Gasteiger partial charge in [0.05, 0.1) is 13.0 Å². The van der Waals surface area contributed by atoms with Gasteiger partial charge < -0.3 is 20.7 Å². The average Bonchev–Trinajstić information content (AvgIpc) is 2.48. The normalized spacial score (nSPS) is 13.6. The second-order valence-electron chi connectivity index (χ2n) is 11.5. The molecule has 5 heteroatoms. The Balaban J connectivity index is 4.03. The highest BCUT2D eigenvalue weighted by atomic mass is 16.5. The molecular weight excluding hydrogens is 350 g/mol. The molecule has 0 saturated carbocycles. The molecule has 0 aromatic heterocycles. The zero-order chi connectivity index (χ0) is 22.1. The number of carbonyl (C=O) groups excluding carboxylic acids is 1. The molecule has 0 aliphatic rings. The van der Waals surface area contributed by atoms with Crippen molar-refractivity contribution < 1.29 is 9.53 Å². The Morgan fingerprint density at radius 1 is 0.679 bits per heavy atom. The topological polar surface area (TPSA) is 62.4 Å². The zero-order valence-electron chi connectivity index (χ0n) is 20.5. The van der Waals surface area contributed by atoms with Gasteiger partial charge in [0.15, 0.2) is 0 Å². The van der Waals surface area contributed by atoms with Crippen LogP contribution in [0.3, 0.4) is 0 Å². The number of rotatable bonds is 13. The molecule has 0 bridgehead atoms. The Kier molecular flexibility index (Phi) is 11.2. The van der Waals surface area contributed by atoms with E-state index in [0.29, 0.717) is 19.6 Å². The van der Waals surface area contributed by atoms with Crippen LogP contribution in [-0.4, -0.2) is 48.8 Å². The number of hydrogen-bond acceptors (Lipinski definition) is 5. The summed E-state index contributed by atoms with van der Waals surface area (Å²) in [6, 6.07) is 0. The summed E-state index contributed by atoms with van der Waals surface area (Å²) >= 11 is 0. The highest BCUT2D eigenvalue weighted by molar-refractivity contribution is 5.69. The Bertz CT molecular complexity index is 446. The largest absolute Gasteiger partial charge is 0.466 e. The quantitative estimate of drug-likeness (QED) is 0.319. The van der Waals surface area contributed by atoms with E-state index in [4.69, 9.17) is 4.74 Å². The molecule has 0 atom stereocenters. The average molecular weight is 400 g/mol. The predicted molar refractivity (Wildman–Crippen MR) is 121 cm³/mol. The van der Waals surface area contributed by atoms with Gasteiger partial charge in [0.25, 0.3) is 0 Å². The van der Waals surface area contributed by atoms with Crippen LogP contribution in [0.1, 0.15) is 94.9 Å². The van der Waals surface area contributed by atoms with Crippen molar-refractivity contribution in [1.29, 1.82) is 0 Å². The van der Waals surface area contributed by atoms with Crippen molar-refractivity contribution in [3.63, 3.8) is 0 Å². The predicted octanol–water partition coefficient (Wildman–Crippen LogP) is 4.26. The van der Waals surface area contributed by atoms with Crippen molar-refractivity contribution in [2.75, 3.05) is 26.2 Å². The summed E-state index contributed by atoms with van der Waals surface area (Å²) in [7, 11) is 0. The SMILES string of the molecule is CC(C)(CCOC(=O)CCNC(C)(C)C)CCC(C)(C)NCCNC(C)(C)C. The first-order valence-corrected chi connectivity index (χ1v) is 10.9. The van der Waals surface area contributed by atoms with Gasteiger partial charge in [-0.3, -0.25) is 4.79 Å². The van der Waals surface area contributed by atoms with Gasteiger partial charge in [0.1, 0.15) is 0 Å². The first-order chi connectivity index (χ1) is 12.5. The minimum Gasteiger partial charge on any atom is -0.466 e. The van der Waals surface area contributed by atoms with Crippen LogP contribution in [0.5, 0.6) is 0 Å². The number of carbonyl (C=O) groups is 1. The Morgan fingerprint density at radius 3 is 1.71 bits per heavy atom. The van der Waals surface area contributed by atoms with Crippen molar-refractivity contribution in [3.8, 4) is 0 Å². The Hall–Kier alpha value is -0.650. The Morgan fingerprint density at radius 2 is 1.18 bits per heavy atom. The number of hydrogen-bond donors (Lipinski definition) is 3. The molecule has 0 aliphatic carbocycles. The summed E-state index contributed by atoms with van der Waals surface area (Å²) in [5, 5.41) is 10.5. The molecule has 0 radical (unpaired) electrons. The molecule has 0 unspecified atom stereocenters. The molecule has 168 valence electrons. The third kappa shape index (κ3) is 17.4. The summed E-state index contributed by atoms with van der Waals surface area (Å²) in [5.41, 5.74) is 0.457. The van der Waals surface area contributed by atoms with Crippen molar-refractivity contribution in [3.05, 3.63) is 0 Å². The molecule has 0 spiro atoms. The summed E-state index contributed by atoms with van der Waals surface area (Å²) < 4.78 is 5.43. The van der Waals surface area contributed by atoms with Crippen LogP contribution in [0.4, 0.5) is 0 Å². The van der Waals surface area contributed by atoms with Crippen LogP contribution >= 0.6 is 0 Å². The molecule has 0 aromatic carbocycles. The van der Waals surface area contributed by atoms with Gasteiger partial charge in [-0.1, -0.05) is 13.8 Å². The molecule has 0 heterocycles. The van der Waals surface area contributed by atoms with Crippen LogP contribution in [0.2, 0.25) is 0 Å². The number of nitrogens with one attached hydrogen (secondary N) is 3. The van der Waals surface area contributed by atoms with E-state index in [0.717, 1.165) is 32.4 Å². The second-order valence-corrected chi connectivity index (χ2v) is 11.5. The maximum atomic E-state index is 11.9. The standard InChI is InChI=1S/C23H49N3O2/c1-20(2,3)24-15-11-19(27)28-18-14-22(7,8)12-13-23(9,10)26-17-16-25-21(4,5)6/h24-26H,11-18H2,1-10H3. The maximum absolute atomic E-state index is 11.9. The molecule has 28 heavy (non-hydrogen) atoms. The van der Waals surface area contributed by atoms with Crippen LogP contribution in [0, 0.1) is 5.41 Å². The van der Waals surface area contributed by atoms with E-state index in [1.807, 2.05) is 0 Å². The number of esters is 1. The molecular formula is C23H49N3O2. The second kappa shape index (κ2) is 11.5. The highest BCUT2D eigenvalue weighted by Gasteiger charge is 2.24. The molecule has 0 amide bonds. The summed E-state index contributed by atoms with van der Waals surface area (Å²) in [4.78, 5) is 11.9. The van der Waals surface area contributed by atoms with E-state index in [2.05, 4.69) is 85.2 Å². The number of ether oxygens (including phenoxy) is 1. The van der Waals surface area contributed by atoms with E-state index in [-0.39, 0.29) is 28.0 Å². The lowest BCUT2D eigenvalue weighted by atomic mass is 9.81. The first-order valence-electron chi connectivity index (χ1n) is 10.9. The van der Waals surface area contributed by atoms with Crippen molar-refractivity contribution in [1.82, 2.24) is 16.0 Å². The molecule has 0 aliphatic heterocycles. The van der Waals surface area contributed by atoms with Crippen LogP contribution in [0.15, 0.2) is 0 Å². The lowest BCUT2D eigenvalue weighted by molar-refractivity contribution is -0.144. The van der Waals surface area contributed by atoms with Gasteiger partial charge in [0.2, 0.25) is 0 Å². The molecule has 0 saturated heterocycles. The van der Waals surface area contributed by atoms with Gasteiger partial charge in [-0.05, 0) is 80.1 Å². The monoisotopic (exact) mass is 399 g/mol. The van der Waals surface area contributed by atoms with Crippen LogP contribution in [-0.2, 0) is 9.53 Å². The lowest BCUT2D eigenvalue weighted by Gasteiger charge is -2.32. The summed E-state index contributed by atoms with van der Waals surface area (Å²) in [5.74, 6) is -0.110. The van der Waals surface area contributed by atoms with E-state index < -0.39 is 0 Å². The Labute approximate surface area is 175 Å². The van der Waals surface area contributed by atoms with Crippen molar-refractivity contribution >= 4 is 5.97 Å². The smallest absolute Gasteiger partial charge is 0.307 e. The van der Waals surface area contributed by atoms with E-state index >= 15 is 0 Å². The van der Waals surface area contributed by atoms with Crippen molar-refractivity contribution in [2.24, 2.45) is 5.41 Å².